The number of benzene rings is 1. The lowest BCUT2D eigenvalue weighted by molar-refractivity contribution is 0.604. The first kappa shape index (κ1) is 15.2. The lowest BCUT2D eigenvalue weighted by atomic mass is 10.00. The topological polar surface area (TPSA) is 12.0 Å². The van der Waals surface area contributed by atoms with Crippen LogP contribution in [0.3, 0.4) is 0 Å². The van der Waals surface area contributed by atoms with E-state index in [2.05, 4.69) is 50.2 Å². The Bertz CT molecular complexity index is 563. The van der Waals surface area contributed by atoms with E-state index in [0.717, 1.165) is 30.8 Å². The smallest absolute Gasteiger partial charge is 0.123 e. The van der Waals surface area contributed by atoms with Crippen molar-refractivity contribution < 1.29 is 4.39 Å². The van der Waals surface area contributed by atoms with Gasteiger partial charge in [0.05, 0.1) is 9.83 Å². The van der Waals surface area contributed by atoms with Crippen molar-refractivity contribution in [2.75, 3.05) is 6.54 Å². The van der Waals surface area contributed by atoms with Gasteiger partial charge in [-0.1, -0.05) is 13.0 Å². The molecule has 102 valence electrons. The van der Waals surface area contributed by atoms with Crippen molar-refractivity contribution in [3.8, 4) is 0 Å². The predicted molar refractivity (Wildman–Crippen MR) is 86.4 cm³/mol. The molecule has 1 N–H and O–H groups in total. The monoisotopic (exact) mass is 405 g/mol. The molecule has 1 nitrogen and oxygen atoms in total. The Morgan fingerprint density at radius 1 is 1.32 bits per heavy atom. The molecule has 19 heavy (non-hydrogen) atoms. The standard InChI is InChI=1S/C14H14Br2FNS/c1-3-18-13(12-7-11(15)14(16)19-12)10-6-9(17)5-4-8(10)2/h4-7,13,18H,3H2,1-2H3. The van der Waals surface area contributed by atoms with E-state index in [0.29, 0.717) is 0 Å². The summed E-state index contributed by atoms with van der Waals surface area (Å²) in [5, 5.41) is 3.43. The van der Waals surface area contributed by atoms with Crippen LogP contribution in [-0.4, -0.2) is 6.54 Å². The molecule has 0 saturated heterocycles. The average Bonchev–Trinajstić information content (AvgIpc) is 2.70. The van der Waals surface area contributed by atoms with Crippen molar-refractivity contribution in [3.05, 3.63) is 54.3 Å². The fourth-order valence-electron chi connectivity index (χ4n) is 2.00. The molecular weight excluding hydrogens is 393 g/mol. The summed E-state index contributed by atoms with van der Waals surface area (Å²) in [5.74, 6) is -0.196. The van der Waals surface area contributed by atoms with Crippen LogP contribution in [0, 0.1) is 12.7 Å². The molecule has 0 bridgehead atoms. The van der Waals surface area contributed by atoms with Crippen LogP contribution in [0.4, 0.5) is 4.39 Å². The third-order valence-corrected chi connectivity index (χ3v) is 6.23. The molecular formula is C14H14Br2FNS. The molecule has 2 aromatic rings. The van der Waals surface area contributed by atoms with Crippen LogP contribution in [0.15, 0.2) is 32.5 Å². The summed E-state index contributed by atoms with van der Waals surface area (Å²) >= 11 is 8.67. The molecule has 1 aromatic carbocycles. The van der Waals surface area contributed by atoms with Gasteiger partial charge in [0.15, 0.2) is 0 Å². The predicted octanol–water partition coefficient (Wildman–Crippen LogP) is 5.42. The van der Waals surface area contributed by atoms with E-state index in [1.54, 1.807) is 17.4 Å². The van der Waals surface area contributed by atoms with Crippen molar-refractivity contribution in [2.45, 2.75) is 19.9 Å². The molecule has 0 aliphatic carbocycles. The zero-order chi connectivity index (χ0) is 14.0. The zero-order valence-corrected chi connectivity index (χ0v) is 14.6. The van der Waals surface area contributed by atoms with Gasteiger partial charge in [0.25, 0.3) is 0 Å². The first-order chi connectivity index (χ1) is 9.02. The quantitative estimate of drug-likeness (QED) is 0.714. The molecule has 1 unspecified atom stereocenters. The van der Waals surface area contributed by atoms with Gasteiger partial charge in [-0.05, 0) is 74.7 Å². The summed E-state index contributed by atoms with van der Waals surface area (Å²) in [6, 6.07) is 7.04. The molecule has 5 heteroatoms. The second kappa shape index (κ2) is 6.48. The summed E-state index contributed by atoms with van der Waals surface area (Å²) in [7, 11) is 0. The van der Waals surface area contributed by atoms with E-state index in [9.17, 15) is 4.39 Å². The van der Waals surface area contributed by atoms with Crippen LogP contribution in [0.1, 0.15) is 29.0 Å². The number of nitrogens with one attached hydrogen (secondary N) is 1. The Morgan fingerprint density at radius 2 is 2.05 bits per heavy atom. The Morgan fingerprint density at radius 3 is 2.63 bits per heavy atom. The molecule has 0 aliphatic heterocycles. The van der Waals surface area contributed by atoms with E-state index in [1.165, 1.54) is 6.07 Å². The van der Waals surface area contributed by atoms with E-state index in [4.69, 9.17) is 0 Å². The maximum atomic E-state index is 13.5. The largest absolute Gasteiger partial charge is 0.306 e. The van der Waals surface area contributed by atoms with Gasteiger partial charge < -0.3 is 5.32 Å². The third kappa shape index (κ3) is 3.45. The molecule has 1 aromatic heterocycles. The number of hydrogen-bond acceptors (Lipinski definition) is 2. The van der Waals surface area contributed by atoms with Gasteiger partial charge in [0.1, 0.15) is 5.82 Å². The normalized spacial score (nSPS) is 12.7. The number of aryl methyl sites for hydroxylation is 1. The van der Waals surface area contributed by atoms with Crippen LogP contribution < -0.4 is 5.32 Å². The van der Waals surface area contributed by atoms with Crippen LogP contribution in [0.25, 0.3) is 0 Å². The van der Waals surface area contributed by atoms with Gasteiger partial charge >= 0.3 is 0 Å². The fraction of sp³-hybridized carbons (Fsp3) is 0.286. The minimum atomic E-state index is -0.196. The Balaban J connectivity index is 2.47. The van der Waals surface area contributed by atoms with Crippen molar-refractivity contribution in [1.82, 2.24) is 5.32 Å². The van der Waals surface area contributed by atoms with Gasteiger partial charge in [-0.2, -0.15) is 0 Å². The van der Waals surface area contributed by atoms with Gasteiger partial charge in [0.2, 0.25) is 0 Å². The van der Waals surface area contributed by atoms with Crippen molar-refractivity contribution in [3.63, 3.8) is 0 Å². The van der Waals surface area contributed by atoms with Gasteiger partial charge in [-0.15, -0.1) is 11.3 Å². The van der Waals surface area contributed by atoms with Gasteiger partial charge in [-0.25, -0.2) is 4.39 Å². The highest BCUT2D eigenvalue weighted by atomic mass is 79.9. The Labute approximate surface area is 133 Å². The Kier molecular flexibility index (Phi) is 5.17. The minimum absolute atomic E-state index is 0.0216. The van der Waals surface area contributed by atoms with Gasteiger partial charge in [-0.3, -0.25) is 0 Å². The van der Waals surface area contributed by atoms with Gasteiger partial charge in [0, 0.05) is 9.35 Å². The average molecular weight is 407 g/mol. The third-order valence-electron chi connectivity index (χ3n) is 2.91. The lowest BCUT2D eigenvalue weighted by Crippen LogP contribution is -2.22. The van der Waals surface area contributed by atoms with E-state index in [-0.39, 0.29) is 11.9 Å². The molecule has 0 saturated carbocycles. The van der Waals surface area contributed by atoms with Crippen LogP contribution in [0.2, 0.25) is 0 Å². The van der Waals surface area contributed by atoms with Crippen LogP contribution >= 0.6 is 43.2 Å². The Hall–Kier alpha value is -0.230. The van der Waals surface area contributed by atoms with Crippen molar-refractivity contribution in [1.29, 1.82) is 0 Å². The SMILES string of the molecule is CCNC(c1cc(Br)c(Br)s1)c1cc(F)ccc1C. The number of halogens is 3. The maximum absolute atomic E-state index is 13.5. The molecule has 0 aliphatic rings. The molecule has 0 amide bonds. The second-order valence-electron chi connectivity index (χ2n) is 4.26. The molecule has 1 heterocycles. The fourth-order valence-corrected chi connectivity index (χ4v) is 4.18. The van der Waals surface area contributed by atoms with Crippen molar-refractivity contribution in [2.24, 2.45) is 0 Å². The summed E-state index contributed by atoms with van der Waals surface area (Å²) < 4.78 is 15.6. The van der Waals surface area contributed by atoms with E-state index < -0.39 is 0 Å². The maximum Gasteiger partial charge on any atom is 0.123 e. The number of hydrogen-bond donors (Lipinski definition) is 1. The second-order valence-corrected chi connectivity index (χ2v) is 7.52. The minimum Gasteiger partial charge on any atom is -0.306 e. The van der Waals surface area contributed by atoms with Crippen LogP contribution in [-0.2, 0) is 0 Å². The number of thiophene rings is 1. The van der Waals surface area contributed by atoms with Crippen molar-refractivity contribution >= 4 is 43.2 Å². The molecule has 1 atom stereocenters. The summed E-state index contributed by atoms with van der Waals surface area (Å²) in [4.78, 5) is 1.16. The first-order valence-corrected chi connectivity index (χ1v) is 8.37. The summed E-state index contributed by atoms with van der Waals surface area (Å²) in [6.45, 7) is 4.89. The highest BCUT2D eigenvalue weighted by Crippen LogP contribution is 2.38. The highest BCUT2D eigenvalue weighted by molar-refractivity contribution is 9.13. The molecule has 0 fully saturated rings. The summed E-state index contributed by atoms with van der Waals surface area (Å²) in [5.41, 5.74) is 2.08. The van der Waals surface area contributed by atoms with E-state index in [1.807, 2.05) is 13.0 Å². The van der Waals surface area contributed by atoms with E-state index >= 15 is 0 Å². The molecule has 0 spiro atoms. The first-order valence-electron chi connectivity index (χ1n) is 5.97. The van der Waals surface area contributed by atoms with Crippen LogP contribution in [0.5, 0.6) is 0 Å². The number of rotatable bonds is 4. The summed E-state index contributed by atoms with van der Waals surface area (Å²) in [6.07, 6.45) is 0. The lowest BCUT2D eigenvalue weighted by Gasteiger charge is -2.19. The zero-order valence-electron chi connectivity index (χ0n) is 10.6. The highest BCUT2D eigenvalue weighted by Gasteiger charge is 2.19. The molecule has 2 rings (SSSR count). The molecule has 0 radical (unpaired) electrons.